The number of nitrogens with two attached hydrogens (primary N) is 1. The molecule has 3 rings (SSSR count). The predicted octanol–water partition coefficient (Wildman–Crippen LogP) is 3.24. The van der Waals surface area contributed by atoms with E-state index < -0.39 is 6.29 Å². The van der Waals surface area contributed by atoms with E-state index in [0.717, 1.165) is 5.56 Å². The molecule has 0 aliphatic carbocycles. The van der Waals surface area contributed by atoms with E-state index >= 15 is 0 Å². The Bertz CT molecular complexity index is 885. The zero-order valence-electron chi connectivity index (χ0n) is 14.4. The van der Waals surface area contributed by atoms with Gasteiger partial charge >= 0.3 is 0 Å². The van der Waals surface area contributed by atoms with Crippen molar-refractivity contribution in [2.24, 2.45) is 0 Å². The number of aromatic nitrogens is 2. The zero-order valence-corrected chi connectivity index (χ0v) is 14.4. The van der Waals surface area contributed by atoms with E-state index in [-0.39, 0.29) is 17.4 Å². The fraction of sp³-hybridized carbons (Fsp3) is 0.158. The van der Waals surface area contributed by atoms with Crippen LogP contribution in [0.5, 0.6) is 23.1 Å². The van der Waals surface area contributed by atoms with Gasteiger partial charge in [-0.15, -0.1) is 0 Å². The second-order valence-electron chi connectivity index (χ2n) is 5.40. The molecule has 3 N–H and O–H groups in total. The highest BCUT2D eigenvalue weighted by molar-refractivity contribution is 5.63. The lowest BCUT2D eigenvalue weighted by atomic mass is 10.2. The van der Waals surface area contributed by atoms with Crippen LogP contribution in [0.3, 0.4) is 0 Å². The van der Waals surface area contributed by atoms with Gasteiger partial charge in [-0.25, -0.2) is 4.98 Å². The van der Waals surface area contributed by atoms with Crippen molar-refractivity contribution in [1.29, 1.82) is 0 Å². The summed E-state index contributed by atoms with van der Waals surface area (Å²) in [5, 5.41) is 9.65. The standard InChI is InChI=1S/C19H19N3O4/c1-12(23)25-19-16(26-15-11-7-6-10-14(15)24-2)17(20)21-18(22-19)13-8-4-3-5-9-13/h3-12,23H,1-2H3,(H2,20,21,22). The molecule has 1 atom stereocenters. The van der Waals surface area contributed by atoms with E-state index in [2.05, 4.69) is 9.97 Å². The highest BCUT2D eigenvalue weighted by Crippen LogP contribution is 2.39. The summed E-state index contributed by atoms with van der Waals surface area (Å²) in [6.07, 6.45) is -1.10. The summed E-state index contributed by atoms with van der Waals surface area (Å²) in [6.45, 7) is 1.47. The molecule has 0 amide bonds. The molecule has 0 bridgehead atoms. The number of aliphatic hydroxyl groups is 1. The molecule has 0 spiro atoms. The zero-order chi connectivity index (χ0) is 18.5. The molecule has 7 heteroatoms. The first-order valence-electron chi connectivity index (χ1n) is 7.97. The third-order valence-corrected chi connectivity index (χ3v) is 3.46. The number of ether oxygens (including phenoxy) is 3. The molecule has 0 fully saturated rings. The summed E-state index contributed by atoms with van der Waals surface area (Å²) in [4.78, 5) is 8.66. The number of nitrogen functional groups attached to an aromatic ring is 1. The van der Waals surface area contributed by atoms with E-state index in [4.69, 9.17) is 19.9 Å². The summed E-state index contributed by atoms with van der Waals surface area (Å²) < 4.78 is 16.5. The molecule has 1 aromatic heterocycles. The normalized spacial score (nSPS) is 11.7. The number of hydrogen-bond acceptors (Lipinski definition) is 7. The summed E-state index contributed by atoms with van der Waals surface area (Å²) in [5.41, 5.74) is 6.86. The van der Waals surface area contributed by atoms with Crippen LogP contribution in [0.2, 0.25) is 0 Å². The molecule has 1 heterocycles. The predicted molar refractivity (Wildman–Crippen MR) is 97.3 cm³/mol. The van der Waals surface area contributed by atoms with Crippen LogP contribution in [0, 0.1) is 0 Å². The first-order valence-corrected chi connectivity index (χ1v) is 7.97. The van der Waals surface area contributed by atoms with Gasteiger partial charge in [0.2, 0.25) is 5.75 Å². The summed E-state index contributed by atoms with van der Waals surface area (Å²) in [7, 11) is 1.54. The van der Waals surface area contributed by atoms with Gasteiger partial charge in [-0.3, -0.25) is 0 Å². The van der Waals surface area contributed by atoms with Crippen molar-refractivity contribution < 1.29 is 19.3 Å². The molecule has 0 aliphatic heterocycles. The van der Waals surface area contributed by atoms with Crippen molar-refractivity contribution in [2.45, 2.75) is 13.2 Å². The van der Waals surface area contributed by atoms with Crippen LogP contribution in [-0.2, 0) is 0 Å². The third-order valence-electron chi connectivity index (χ3n) is 3.46. The lowest BCUT2D eigenvalue weighted by Crippen LogP contribution is -2.13. The van der Waals surface area contributed by atoms with Gasteiger partial charge in [-0.05, 0) is 19.1 Å². The van der Waals surface area contributed by atoms with E-state index in [1.807, 2.05) is 36.4 Å². The van der Waals surface area contributed by atoms with Gasteiger partial charge in [-0.2, -0.15) is 4.98 Å². The molecular weight excluding hydrogens is 334 g/mol. The maximum Gasteiger partial charge on any atom is 0.266 e. The second-order valence-corrected chi connectivity index (χ2v) is 5.40. The maximum absolute atomic E-state index is 9.65. The maximum atomic E-state index is 9.65. The molecule has 2 aromatic carbocycles. The van der Waals surface area contributed by atoms with E-state index in [9.17, 15) is 5.11 Å². The lowest BCUT2D eigenvalue weighted by molar-refractivity contribution is -0.00520. The number of rotatable bonds is 6. The second kappa shape index (κ2) is 7.71. The molecule has 1 unspecified atom stereocenters. The van der Waals surface area contributed by atoms with Crippen LogP contribution in [0.25, 0.3) is 11.4 Å². The highest BCUT2D eigenvalue weighted by atomic mass is 16.6. The smallest absolute Gasteiger partial charge is 0.266 e. The van der Waals surface area contributed by atoms with Gasteiger partial charge in [0.15, 0.2) is 29.4 Å². The quantitative estimate of drug-likeness (QED) is 0.656. The molecule has 0 radical (unpaired) electrons. The van der Waals surface area contributed by atoms with Gasteiger partial charge in [0.1, 0.15) is 0 Å². The number of hydrogen-bond donors (Lipinski definition) is 2. The molecule has 134 valence electrons. The number of anilines is 1. The van der Waals surface area contributed by atoms with Crippen LogP contribution >= 0.6 is 0 Å². The van der Waals surface area contributed by atoms with Crippen LogP contribution in [0.1, 0.15) is 6.92 Å². The molecule has 3 aromatic rings. The number of benzene rings is 2. The summed E-state index contributed by atoms with van der Waals surface area (Å²) in [5.74, 6) is 1.54. The Morgan fingerprint density at radius 2 is 1.62 bits per heavy atom. The Hall–Kier alpha value is -3.32. The Labute approximate surface area is 151 Å². The van der Waals surface area contributed by atoms with Crippen molar-refractivity contribution in [3.63, 3.8) is 0 Å². The minimum Gasteiger partial charge on any atom is -0.493 e. The van der Waals surface area contributed by atoms with E-state index in [1.165, 1.54) is 14.0 Å². The Kier molecular flexibility index (Phi) is 5.19. The monoisotopic (exact) mass is 353 g/mol. The molecule has 26 heavy (non-hydrogen) atoms. The van der Waals surface area contributed by atoms with E-state index in [0.29, 0.717) is 17.3 Å². The molecular formula is C19H19N3O4. The van der Waals surface area contributed by atoms with Crippen molar-refractivity contribution in [3.05, 3.63) is 54.6 Å². The topological polar surface area (TPSA) is 99.7 Å². The van der Waals surface area contributed by atoms with Gasteiger partial charge in [0.05, 0.1) is 7.11 Å². The molecule has 0 aliphatic rings. The van der Waals surface area contributed by atoms with Crippen molar-refractivity contribution >= 4 is 5.82 Å². The minimum atomic E-state index is -1.10. The average Bonchev–Trinajstić information content (AvgIpc) is 2.65. The van der Waals surface area contributed by atoms with E-state index in [1.54, 1.807) is 18.2 Å². The summed E-state index contributed by atoms with van der Waals surface area (Å²) in [6, 6.07) is 16.4. The van der Waals surface area contributed by atoms with Crippen LogP contribution in [0.4, 0.5) is 5.82 Å². The Morgan fingerprint density at radius 1 is 0.962 bits per heavy atom. The first-order chi connectivity index (χ1) is 12.6. The van der Waals surface area contributed by atoms with Crippen molar-refractivity contribution in [2.75, 3.05) is 12.8 Å². The minimum absolute atomic E-state index is 0.0391. The largest absolute Gasteiger partial charge is 0.493 e. The van der Waals surface area contributed by atoms with Gasteiger partial charge in [-0.1, -0.05) is 42.5 Å². The van der Waals surface area contributed by atoms with Crippen molar-refractivity contribution in [3.8, 4) is 34.5 Å². The molecule has 0 saturated carbocycles. The number of aliphatic hydroxyl groups excluding tert-OH is 1. The van der Waals surface area contributed by atoms with Crippen LogP contribution in [-0.4, -0.2) is 28.5 Å². The SMILES string of the molecule is COc1ccccc1Oc1c(N)nc(-c2ccccc2)nc1OC(C)O. The number of nitrogens with zero attached hydrogens (tertiary/aromatic N) is 2. The third kappa shape index (κ3) is 3.84. The Morgan fingerprint density at radius 3 is 2.27 bits per heavy atom. The van der Waals surface area contributed by atoms with Gasteiger partial charge < -0.3 is 25.1 Å². The fourth-order valence-corrected chi connectivity index (χ4v) is 2.31. The summed E-state index contributed by atoms with van der Waals surface area (Å²) >= 11 is 0. The average molecular weight is 353 g/mol. The van der Waals surface area contributed by atoms with Gasteiger partial charge in [0.25, 0.3) is 5.88 Å². The Balaban J connectivity index is 2.06. The van der Waals surface area contributed by atoms with Crippen LogP contribution in [0.15, 0.2) is 54.6 Å². The number of para-hydroxylation sites is 2. The molecule has 0 saturated heterocycles. The molecule has 7 nitrogen and oxygen atoms in total. The fourth-order valence-electron chi connectivity index (χ4n) is 2.31. The first kappa shape index (κ1) is 17.5. The lowest BCUT2D eigenvalue weighted by Gasteiger charge is -2.16. The van der Waals surface area contributed by atoms with Crippen molar-refractivity contribution in [1.82, 2.24) is 9.97 Å². The van der Waals surface area contributed by atoms with Crippen LogP contribution < -0.4 is 19.9 Å². The van der Waals surface area contributed by atoms with Gasteiger partial charge in [0, 0.05) is 5.56 Å². The highest BCUT2D eigenvalue weighted by Gasteiger charge is 2.20. The number of methoxy groups -OCH3 is 1.